The number of para-hydroxylation sites is 15. The van der Waals surface area contributed by atoms with Gasteiger partial charge in [0.25, 0.3) is 0 Å². The second kappa shape index (κ2) is 28.4. The summed E-state index contributed by atoms with van der Waals surface area (Å²) in [5, 5.41) is 18.3. The lowest BCUT2D eigenvalue weighted by molar-refractivity contribution is 0.707. The maximum atomic E-state index is 5.01. The van der Waals surface area contributed by atoms with E-state index in [4.69, 9.17) is 15.0 Å². The summed E-state index contributed by atoms with van der Waals surface area (Å²) in [5.74, 6) is 0. The lowest BCUT2D eigenvalue weighted by Gasteiger charge is -2.20. The number of imidazole rings is 3. The highest BCUT2D eigenvalue weighted by molar-refractivity contribution is 7.99. The molecule has 3 aliphatic heterocycles. The number of aromatic nitrogens is 12. The molecule has 0 saturated heterocycles. The average Bonchev–Trinajstić information content (AvgIpc) is 1.57. The SMILES string of the molecule is c1ccc2c(c1)nc1n2Cc2ccc(-n3c4ccc(-n5c6ccccc6c6ccccc65)cc4c4cc(-n5c6ccccc6c6ccccc65)ccc43)cc2S1.c1ccc2c(c1)nc1n2Cc2ccc(-n3c4ccccc4c4cc(-n5c6ccccc6c6ccccc65)ccc43)cc2S1.c1ccc2c(c1)nc1n2Cc2ccc(-n3c4ccccc4c4ccccc43)cc2S1. The van der Waals surface area contributed by atoms with Crippen molar-refractivity contribution in [1.29, 1.82) is 0 Å². The smallest absolute Gasteiger partial charge is 0.174 e. The van der Waals surface area contributed by atoms with Crippen LogP contribution < -0.4 is 0 Å². The predicted molar refractivity (Wildman–Crippen MR) is 534 cm³/mol. The Morgan fingerprint density at radius 1 is 0.163 bits per heavy atom. The fourth-order valence-electron chi connectivity index (χ4n) is 21.1. The van der Waals surface area contributed by atoms with Gasteiger partial charge in [-0.2, -0.15) is 0 Å². The molecule has 606 valence electrons. The summed E-state index contributed by atoms with van der Waals surface area (Å²) in [5.41, 5.74) is 32.3. The molecule has 0 unspecified atom stereocenters. The van der Waals surface area contributed by atoms with Crippen molar-refractivity contribution in [3.8, 4) is 34.1 Å². The fraction of sp³-hybridized carbons (Fsp3) is 0.0263. The predicted octanol–water partition coefficient (Wildman–Crippen LogP) is 29.2. The molecule has 27 aromatic rings. The molecule has 0 fully saturated rings. The van der Waals surface area contributed by atoms with Crippen LogP contribution in [0.2, 0.25) is 0 Å². The largest absolute Gasteiger partial charge is 0.314 e. The van der Waals surface area contributed by atoms with Crippen molar-refractivity contribution in [1.82, 2.24) is 56.1 Å². The van der Waals surface area contributed by atoms with Crippen LogP contribution in [0.5, 0.6) is 0 Å². The Morgan fingerprint density at radius 2 is 0.341 bits per heavy atom. The molecule has 0 saturated carbocycles. The molecule has 0 aliphatic carbocycles. The van der Waals surface area contributed by atoms with Crippen LogP contribution in [-0.4, -0.2) is 56.1 Å². The maximum Gasteiger partial charge on any atom is 0.174 e. The van der Waals surface area contributed by atoms with E-state index in [1.165, 1.54) is 196 Å². The maximum absolute atomic E-state index is 5.01. The Hall–Kier alpha value is -15.8. The summed E-state index contributed by atoms with van der Waals surface area (Å²) in [6, 6.07) is 145. The third-order valence-electron chi connectivity index (χ3n) is 26.9. The number of hydrogen-bond acceptors (Lipinski definition) is 6. The van der Waals surface area contributed by atoms with Gasteiger partial charge in [-0.25, -0.2) is 15.0 Å². The van der Waals surface area contributed by atoms with Gasteiger partial charge in [-0.15, -0.1) is 0 Å². The van der Waals surface area contributed by atoms with Crippen LogP contribution in [0.15, 0.2) is 431 Å². The van der Waals surface area contributed by atoms with Gasteiger partial charge in [-0.05, 0) is 199 Å². The summed E-state index contributed by atoms with van der Waals surface area (Å²) < 4.78 is 21.5. The molecule has 0 spiro atoms. The van der Waals surface area contributed by atoms with E-state index in [-0.39, 0.29) is 0 Å². The van der Waals surface area contributed by atoms with E-state index < -0.39 is 0 Å². The zero-order valence-electron chi connectivity index (χ0n) is 69.3. The van der Waals surface area contributed by atoms with Crippen LogP contribution in [0.1, 0.15) is 16.7 Å². The van der Waals surface area contributed by atoms with E-state index in [0.717, 1.165) is 68.7 Å². The Labute approximate surface area is 750 Å². The first-order valence-electron chi connectivity index (χ1n) is 43.8. The molecule has 3 aliphatic rings. The average molecular weight is 1710 g/mol. The Balaban J connectivity index is 0.000000102. The zero-order valence-corrected chi connectivity index (χ0v) is 71.8. The Kier molecular flexibility index (Phi) is 15.9. The molecule has 129 heavy (non-hydrogen) atoms. The van der Waals surface area contributed by atoms with Gasteiger partial charge in [0, 0.05) is 113 Å². The highest BCUT2D eigenvalue weighted by Crippen LogP contribution is 2.48. The van der Waals surface area contributed by atoms with Crippen LogP contribution in [0, 0.1) is 0 Å². The lowest BCUT2D eigenvalue weighted by atomic mass is 10.1. The number of nitrogens with zero attached hydrogens (tertiary/aromatic N) is 12. The van der Waals surface area contributed by atoms with Gasteiger partial charge in [0.1, 0.15) is 0 Å². The molecule has 18 aromatic carbocycles. The monoisotopic (exact) mass is 1700 g/mol. The van der Waals surface area contributed by atoms with Crippen LogP contribution >= 0.6 is 35.3 Å². The first-order chi connectivity index (χ1) is 63.9. The van der Waals surface area contributed by atoms with Gasteiger partial charge < -0.3 is 41.1 Å². The van der Waals surface area contributed by atoms with Gasteiger partial charge in [0.15, 0.2) is 15.5 Å². The van der Waals surface area contributed by atoms with Gasteiger partial charge >= 0.3 is 0 Å². The van der Waals surface area contributed by atoms with Gasteiger partial charge in [-0.1, -0.05) is 254 Å². The van der Waals surface area contributed by atoms with E-state index in [1.54, 1.807) is 35.3 Å². The van der Waals surface area contributed by atoms with E-state index >= 15 is 0 Å². The van der Waals surface area contributed by atoms with E-state index in [1.807, 2.05) is 0 Å². The van der Waals surface area contributed by atoms with Gasteiger partial charge in [0.05, 0.1) is 119 Å². The van der Waals surface area contributed by atoms with E-state index in [9.17, 15) is 0 Å². The summed E-state index contributed by atoms with van der Waals surface area (Å²) in [7, 11) is 0. The Morgan fingerprint density at radius 3 is 0.581 bits per heavy atom. The molecular weight excluding hydrogens is 1630 g/mol. The Bertz CT molecular complexity index is 9080. The molecule has 12 heterocycles. The second-order valence-electron chi connectivity index (χ2n) is 33.9. The van der Waals surface area contributed by atoms with Crippen LogP contribution in [0.3, 0.4) is 0 Å². The fourth-order valence-corrected chi connectivity index (χ4v) is 24.3. The van der Waals surface area contributed by atoms with Gasteiger partial charge in [0.2, 0.25) is 0 Å². The summed E-state index contributed by atoms with van der Waals surface area (Å²) in [4.78, 5) is 18.6. The van der Waals surface area contributed by atoms with Crippen molar-refractivity contribution >= 4 is 199 Å². The van der Waals surface area contributed by atoms with Crippen molar-refractivity contribution < 1.29 is 0 Å². The molecule has 12 nitrogen and oxygen atoms in total. The summed E-state index contributed by atoms with van der Waals surface area (Å²) >= 11 is 5.31. The summed E-state index contributed by atoms with van der Waals surface area (Å²) in [6.07, 6.45) is 0. The second-order valence-corrected chi connectivity index (χ2v) is 36.9. The first kappa shape index (κ1) is 72.5. The first-order valence-corrected chi connectivity index (χ1v) is 46.2. The van der Waals surface area contributed by atoms with E-state index in [0.29, 0.717) is 0 Å². The number of hydrogen-bond donors (Lipinski definition) is 0. The van der Waals surface area contributed by atoms with Crippen LogP contribution in [0.25, 0.3) is 198 Å². The standard InChI is InChI=1S/C50H31N5S.C38H24N4S.C26H17N3S/c1-6-16-42-35(11-1)36-12-2-7-17-43(36)53(42)32-23-25-46-39(27-32)40-28-33(54-44-18-8-3-13-37(44)38-14-4-9-19-45(38)54)24-26-47(40)55(46)34-22-21-31-30-52-48-20-10-5-15-41(48)51-50(52)56-49(31)29-34;1-5-13-32-27(9-1)28-10-2-6-14-33(28)41(32)25-19-20-35-30(21-25)29-11-3-7-15-34(29)42(35)26-18-17-24-23-40-36-16-8-4-12-31(36)39-38(40)43-37(24)22-26;1-4-10-22-19(7-1)20-8-2-5-11-23(20)29(22)18-14-13-17-16-28-24-12-6-3-9-21(24)27-26(28)30-25(17)15-18/h1-29H,30H2;1-22H,23H2;1-15H,16H2. The minimum atomic E-state index is 0.815. The number of rotatable bonds is 6. The zero-order chi connectivity index (χ0) is 84.2. The van der Waals surface area contributed by atoms with Crippen molar-refractivity contribution in [3.05, 3.63) is 417 Å². The molecule has 0 radical (unpaired) electrons. The van der Waals surface area contributed by atoms with Crippen molar-refractivity contribution in [2.45, 2.75) is 49.8 Å². The lowest BCUT2D eigenvalue weighted by Crippen LogP contribution is -2.08. The highest BCUT2D eigenvalue weighted by Gasteiger charge is 2.28. The number of benzene rings is 18. The molecule has 0 N–H and O–H groups in total. The normalized spacial score (nSPS) is 12.9. The van der Waals surface area contributed by atoms with Crippen LogP contribution in [-0.2, 0) is 19.6 Å². The van der Waals surface area contributed by atoms with E-state index in [2.05, 4.69) is 441 Å². The van der Waals surface area contributed by atoms with Crippen LogP contribution in [0.4, 0.5) is 0 Å². The third kappa shape index (κ3) is 11.1. The molecule has 0 amide bonds. The summed E-state index contributed by atoms with van der Waals surface area (Å²) in [6.45, 7) is 2.52. The van der Waals surface area contributed by atoms with Crippen molar-refractivity contribution in [3.63, 3.8) is 0 Å². The quantitative estimate of drug-likeness (QED) is 0.165. The molecule has 0 bridgehead atoms. The highest BCUT2D eigenvalue weighted by atomic mass is 32.2. The van der Waals surface area contributed by atoms with Gasteiger partial charge in [-0.3, -0.25) is 0 Å². The topological polar surface area (TPSA) is 83.0 Å². The molecular formula is C114H72N12S3. The molecule has 9 aromatic heterocycles. The minimum Gasteiger partial charge on any atom is -0.314 e. The number of fused-ring (bicyclic) bond motifs is 30. The minimum absolute atomic E-state index is 0.815. The third-order valence-corrected chi connectivity index (χ3v) is 30.1. The molecule has 30 rings (SSSR count). The van der Waals surface area contributed by atoms with Crippen molar-refractivity contribution in [2.75, 3.05) is 0 Å². The van der Waals surface area contributed by atoms with Crippen molar-refractivity contribution in [2.24, 2.45) is 0 Å². The molecule has 0 atom stereocenters. The molecule has 15 heteroatoms.